The van der Waals surface area contributed by atoms with E-state index in [4.69, 9.17) is 23.8 Å². The molecule has 0 aliphatic heterocycles. The van der Waals surface area contributed by atoms with Crippen molar-refractivity contribution in [3.8, 4) is 0 Å². The lowest BCUT2D eigenvalue weighted by Gasteiger charge is -2.22. The summed E-state index contributed by atoms with van der Waals surface area (Å²) >= 11 is 11.6. The molecule has 0 aliphatic rings. The van der Waals surface area contributed by atoms with Gasteiger partial charge in [-0.2, -0.15) is 0 Å². The van der Waals surface area contributed by atoms with Crippen LogP contribution in [0.15, 0.2) is 54.9 Å². The molecular weight excluding hydrogens is 364 g/mol. The number of hydrogen-bond acceptors (Lipinski definition) is 2. The van der Waals surface area contributed by atoms with Gasteiger partial charge in [-0.3, -0.25) is 0 Å². The number of anilines is 1. The lowest BCUT2D eigenvalue weighted by Crippen LogP contribution is -2.34. The molecule has 0 saturated heterocycles. The van der Waals surface area contributed by atoms with Crippen molar-refractivity contribution in [3.63, 3.8) is 0 Å². The Morgan fingerprint density at radius 1 is 1.15 bits per heavy atom. The van der Waals surface area contributed by atoms with Crippen molar-refractivity contribution >= 4 is 34.6 Å². The van der Waals surface area contributed by atoms with Crippen molar-refractivity contribution in [1.29, 1.82) is 0 Å². The summed E-state index contributed by atoms with van der Waals surface area (Å²) in [6.45, 7) is 4.16. The maximum atomic E-state index is 6.04. The van der Waals surface area contributed by atoms with Gasteiger partial charge in [0.25, 0.3) is 0 Å². The zero-order valence-electron chi connectivity index (χ0n) is 15.0. The monoisotopic (exact) mass is 384 g/mol. The second-order valence-electron chi connectivity index (χ2n) is 6.23. The summed E-state index contributed by atoms with van der Waals surface area (Å²) in [7, 11) is 1.97. The Morgan fingerprint density at radius 2 is 1.88 bits per heavy atom. The highest BCUT2D eigenvalue weighted by Gasteiger charge is 2.19. The summed E-state index contributed by atoms with van der Waals surface area (Å²) in [6.07, 6.45) is 3.70. The first kappa shape index (κ1) is 18.4. The predicted molar refractivity (Wildman–Crippen MR) is 112 cm³/mol. The minimum atomic E-state index is -0.183. The van der Waals surface area contributed by atoms with Crippen LogP contribution >= 0.6 is 23.8 Å². The predicted octanol–water partition coefficient (Wildman–Crippen LogP) is 4.77. The summed E-state index contributed by atoms with van der Waals surface area (Å²) in [5, 5.41) is 7.93. The van der Waals surface area contributed by atoms with Crippen LogP contribution < -0.4 is 10.6 Å². The molecule has 0 fully saturated rings. The maximum absolute atomic E-state index is 6.04. The number of thiocarbonyl (C=S) groups is 1. The molecule has 0 aliphatic carbocycles. The summed E-state index contributed by atoms with van der Waals surface area (Å²) in [5.41, 5.74) is 4.43. The molecule has 0 spiro atoms. The highest BCUT2D eigenvalue weighted by Crippen LogP contribution is 2.23. The third-order valence-corrected chi connectivity index (χ3v) is 4.92. The van der Waals surface area contributed by atoms with E-state index in [1.165, 1.54) is 11.1 Å². The number of halogens is 1. The van der Waals surface area contributed by atoms with Crippen LogP contribution in [0.2, 0.25) is 5.02 Å². The van der Waals surface area contributed by atoms with Crippen LogP contribution in [0.25, 0.3) is 0 Å². The van der Waals surface area contributed by atoms with E-state index < -0.39 is 0 Å². The standard InChI is InChI=1S/C20H21ClN4S/c1-13-5-4-6-17(14(13)2)23-20(26)24-18(19-22-11-12-25(19)3)15-7-9-16(21)10-8-15/h4-12,18H,1-3H3,(H2,23,24,26)/t18-/m0/s1. The molecule has 0 unspecified atom stereocenters. The Bertz CT molecular complexity index is 918. The molecule has 6 heteroatoms. The lowest BCUT2D eigenvalue weighted by molar-refractivity contribution is 0.664. The number of nitrogens with one attached hydrogen (secondary N) is 2. The highest BCUT2D eigenvalue weighted by atomic mass is 35.5. The van der Waals surface area contributed by atoms with Gasteiger partial charge in [0.05, 0.1) is 0 Å². The molecule has 2 aromatic carbocycles. The SMILES string of the molecule is Cc1cccc(NC(=S)N[C@@H](c2ccc(Cl)cc2)c2nccn2C)c1C. The quantitative estimate of drug-likeness (QED) is 0.636. The fourth-order valence-electron chi connectivity index (χ4n) is 2.78. The van der Waals surface area contributed by atoms with Gasteiger partial charge in [-0.1, -0.05) is 35.9 Å². The number of rotatable bonds is 4. The van der Waals surface area contributed by atoms with Crippen molar-refractivity contribution in [2.75, 3.05) is 5.32 Å². The highest BCUT2D eigenvalue weighted by molar-refractivity contribution is 7.80. The number of aryl methyl sites for hydroxylation is 2. The fraction of sp³-hybridized carbons (Fsp3) is 0.200. The summed E-state index contributed by atoms with van der Waals surface area (Å²) in [4.78, 5) is 4.49. The van der Waals surface area contributed by atoms with E-state index in [9.17, 15) is 0 Å². The van der Waals surface area contributed by atoms with E-state index in [0.29, 0.717) is 10.1 Å². The van der Waals surface area contributed by atoms with Crippen molar-refractivity contribution < 1.29 is 0 Å². The number of imidazole rings is 1. The van der Waals surface area contributed by atoms with Gasteiger partial charge in [0.15, 0.2) is 5.11 Å². The van der Waals surface area contributed by atoms with Gasteiger partial charge in [-0.05, 0) is 61.0 Å². The van der Waals surface area contributed by atoms with E-state index in [2.05, 4.69) is 35.5 Å². The lowest BCUT2D eigenvalue weighted by atomic mass is 10.1. The van der Waals surface area contributed by atoms with Crippen molar-refractivity contribution in [2.45, 2.75) is 19.9 Å². The second kappa shape index (κ2) is 7.89. The van der Waals surface area contributed by atoms with E-state index in [1.54, 1.807) is 6.20 Å². The fourth-order valence-corrected chi connectivity index (χ4v) is 3.14. The number of benzene rings is 2. The average molecular weight is 385 g/mol. The first-order valence-corrected chi connectivity index (χ1v) is 9.10. The minimum absolute atomic E-state index is 0.183. The summed E-state index contributed by atoms with van der Waals surface area (Å²) < 4.78 is 1.98. The second-order valence-corrected chi connectivity index (χ2v) is 7.07. The van der Waals surface area contributed by atoms with E-state index in [1.807, 2.05) is 54.2 Å². The minimum Gasteiger partial charge on any atom is -0.348 e. The average Bonchev–Trinajstić information content (AvgIpc) is 3.03. The van der Waals surface area contributed by atoms with Gasteiger partial charge in [-0.15, -0.1) is 0 Å². The Hall–Kier alpha value is -2.37. The van der Waals surface area contributed by atoms with Gasteiger partial charge < -0.3 is 15.2 Å². The zero-order chi connectivity index (χ0) is 18.7. The molecule has 0 amide bonds. The van der Waals surface area contributed by atoms with Crippen LogP contribution in [-0.2, 0) is 7.05 Å². The van der Waals surface area contributed by atoms with E-state index in [-0.39, 0.29) is 6.04 Å². The number of hydrogen-bond donors (Lipinski definition) is 2. The Labute approximate surface area is 164 Å². The van der Waals surface area contributed by atoms with Crippen LogP contribution in [-0.4, -0.2) is 14.7 Å². The third-order valence-electron chi connectivity index (χ3n) is 4.45. The number of nitrogens with zero attached hydrogens (tertiary/aromatic N) is 2. The molecule has 2 N–H and O–H groups in total. The molecule has 3 rings (SSSR count). The van der Waals surface area contributed by atoms with Gasteiger partial charge in [0.1, 0.15) is 11.9 Å². The first-order chi connectivity index (χ1) is 12.5. The van der Waals surface area contributed by atoms with Gasteiger partial charge in [-0.25, -0.2) is 4.98 Å². The third kappa shape index (κ3) is 4.06. The zero-order valence-corrected chi connectivity index (χ0v) is 16.5. The van der Waals surface area contributed by atoms with Crippen LogP contribution in [0.4, 0.5) is 5.69 Å². The van der Waals surface area contributed by atoms with Crippen molar-refractivity contribution in [3.05, 3.63) is 82.4 Å². The summed E-state index contributed by atoms with van der Waals surface area (Å²) in [5.74, 6) is 0.873. The van der Waals surface area contributed by atoms with Crippen LogP contribution in [0, 0.1) is 13.8 Å². The first-order valence-electron chi connectivity index (χ1n) is 8.32. The van der Waals surface area contributed by atoms with Crippen LogP contribution in [0.5, 0.6) is 0 Å². The number of aromatic nitrogens is 2. The largest absolute Gasteiger partial charge is 0.348 e. The molecule has 0 bridgehead atoms. The van der Waals surface area contributed by atoms with E-state index >= 15 is 0 Å². The molecule has 0 radical (unpaired) electrons. The van der Waals surface area contributed by atoms with E-state index in [0.717, 1.165) is 17.1 Å². The Balaban J connectivity index is 1.86. The normalized spacial score (nSPS) is 11.8. The molecule has 1 atom stereocenters. The molecule has 1 heterocycles. The Kier molecular flexibility index (Phi) is 5.59. The molecule has 3 aromatic rings. The molecule has 1 aromatic heterocycles. The van der Waals surface area contributed by atoms with Gasteiger partial charge in [0.2, 0.25) is 0 Å². The van der Waals surface area contributed by atoms with Gasteiger partial charge >= 0.3 is 0 Å². The van der Waals surface area contributed by atoms with Crippen LogP contribution in [0.3, 0.4) is 0 Å². The summed E-state index contributed by atoms with van der Waals surface area (Å²) in [6, 6.07) is 13.6. The molecular formula is C20H21ClN4S. The topological polar surface area (TPSA) is 41.9 Å². The molecule has 0 saturated carbocycles. The molecule has 4 nitrogen and oxygen atoms in total. The van der Waals surface area contributed by atoms with Crippen LogP contribution in [0.1, 0.15) is 28.6 Å². The van der Waals surface area contributed by atoms with Gasteiger partial charge in [0, 0.05) is 30.2 Å². The molecule has 134 valence electrons. The smallest absolute Gasteiger partial charge is 0.171 e. The van der Waals surface area contributed by atoms with Crippen molar-refractivity contribution in [1.82, 2.24) is 14.9 Å². The Morgan fingerprint density at radius 3 is 2.54 bits per heavy atom. The maximum Gasteiger partial charge on any atom is 0.171 e. The van der Waals surface area contributed by atoms with Crippen molar-refractivity contribution in [2.24, 2.45) is 7.05 Å². The molecule has 26 heavy (non-hydrogen) atoms.